The molecule has 2 aliphatic heterocycles. The molecule has 0 spiro atoms. The molecule has 1 aromatic rings. The van der Waals surface area contributed by atoms with Gasteiger partial charge in [0, 0.05) is 37.4 Å². The first kappa shape index (κ1) is 13.1. The lowest BCUT2D eigenvalue weighted by Crippen LogP contribution is -2.44. The molecule has 2 saturated heterocycles. The van der Waals surface area contributed by atoms with Crippen LogP contribution < -0.4 is 5.32 Å². The monoisotopic (exact) mass is 262 g/mol. The Bertz CT molecular complexity index is 412. The Labute approximate surface area is 116 Å². The standard InChI is InChI=1S/C15H26N4/c1-12(2)19-11-16-9-13(19)10-17-14-6-8-18-7-4-3-5-15(14)18/h9,11-12,14-15,17H,3-8,10H2,1-2H3. The second-order valence-electron chi connectivity index (χ2n) is 6.26. The molecule has 2 fully saturated rings. The van der Waals surface area contributed by atoms with Crippen LogP contribution in [0.4, 0.5) is 0 Å². The molecule has 3 rings (SSSR count). The third kappa shape index (κ3) is 2.70. The number of aromatic nitrogens is 2. The summed E-state index contributed by atoms with van der Waals surface area (Å²) in [6.07, 6.45) is 9.43. The molecular formula is C15H26N4. The van der Waals surface area contributed by atoms with Gasteiger partial charge in [-0.15, -0.1) is 0 Å². The van der Waals surface area contributed by atoms with Crippen molar-refractivity contribution < 1.29 is 0 Å². The Hall–Kier alpha value is -0.870. The van der Waals surface area contributed by atoms with Gasteiger partial charge < -0.3 is 9.88 Å². The molecular weight excluding hydrogens is 236 g/mol. The second kappa shape index (κ2) is 5.63. The summed E-state index contributed by atoms with van der Waals surface area (Å²) >= 11 is 0. The zero-order valence-electron chi connectivity index (χ0n) is 12.2. The van der Waals surface area contributed by atoms with Gasteiger partial charge in [0.15, 0.2) is 0 Å². The van der Waals surface area contributed by atoms with Gasteiger partial charge >= 0.3 is 0 Å². The molecule has 2 atom stereocenters. The molecule has 1 N–H and O–H groups in total. The van der Waals surface area contributed by atoms with Crippen molar-refractivity contribution in [3.63, 3.8) is 0 Å². The molecule has 19 heavy (non-hydrogen) atoms. The van der Waals surface area contributed by atoms with E-state index in [1.165, 1.54) is 44.5 Å². The number of imidazole rings is 1. The predicted molar refractivity (Wildman–Crippen MR) is 77.1 cm³/mol. The summed E-state index contributed by atoms with van der Waals surface area (Å²) in [5, 5.41) is 3.78. The second-order valence-corrected chi connectivity index (χ2v) is 6.26. The molecule has 0 radical (unpaired) electrons. The Morgan fingerprint density at radius 3 is 3.05 bits per heavy atom. The van der Waals surface area contributed by atoms with Gasteiger partial charge in [0.25, 0.3) is 0 Å². The van der Waals surface area contributed by atoms with E-state index in [9.17, 15) is 0 Å². The Morgan fingerprint density at radius 1 is 1.32 bits per heavy atom. The van der Waals surface area contributed by atoms with Crippen LogP contribution in [0.15, 0.2) is 12.5 Å². The molecule has 1 aromatic heterocycles. The van der Waals surface area contributed by atoms with E-state index in [-0.39, 0.29) is 0 Å². The van der Waals surface area contributed by atoms with Crippen LogP contribution in [0.25, 0.3) is 0 Å². The van der Waals surface area contributed by atoms with Gasteiger partial charge in [0.2, 0.25) is 0 Å². The predicted octanol–water partition coefficient (Wildman–Crippen LogP) is 2.18. The zero-order chi connectivity index (χ0) is 13.2. The largest absolute Gasteiger partial charge is 0.331 e. The number of rotatable bonds is 4. The quantitative estimate of drug-likeness (QED) is 0.903. The molecule has 0 bridgehead atoms. The third-order valence-electron chi connectivity index (χ3n) is 4.70. The molecule has 0 aliphatic carbocycles. The lowest BCUT2D eigenvalue weighted by molar-refractivity contribution is 0.180. The maximum Gasteiger partial charge on any atom is 0.0951 e. The molecule has 0 amide bonds. The first-order chi connectivity index (χ1) is 9.25. The summed E-state index contributed by atoms with van der Waals surface area (Å²) in [5.74, 6) is 0. The lowest BCUT2D eigenvalue weighted by Gasteiger charge is -2.32. The van der Waals surface area contributed by atoms with Crippen LogP contribution in [-0.2, 0) is 6.54 Å². The smallest absolute Gasteiger partial charge is 0.0951 e. The van der Waals surface area contributed by atoms with E-state index >= 15 is 0 Å². The number of fused-ring (bicyclic) bond motifs is 1. The molecule has 3 heterocycles. The minimum Gasteiger partial charge on any atom is -0.331 e. The van der Waals surface area contributed by atoms with Gasteiger partial charge in [0.1, 0.15) is 0 Å². The maximum atomic E-state index is 4.28. The van der Waals surface area contributed by atoms with E-state index in [2.05, 4.69) is 33.6 Å². The number of hydrogen-bond acceptors (Lipinski definition) is 3. The highest BCUT2D eigenvalue weighted by Gasteiger charge is 2.34. The first-order valence-electron chi connectivity index (χ1n) is 7.74. The van der Waals surface area contributed by atoms with Gasteiger partial charge in [-0.2, -0.15) is 0 Å². The van der Waals surface area contributed by atoms with E-state index < -0.39 is 0 Å². The van der Waals surface area contributed by atoms with Gasteiger partial charge in [-0.05, 0) is 39.7 Å². The average Bonchev–Trinajstić information content (AvgIpc) is 3.03. The summed E-state index contributed by atoms with van der Waals surface area (Å²) in [6, 6.07) is 1.95. The zero-order valence-corrected chi connectivity index (χ0v) is 12.2. The molecule has 2 unspecified atom stereocenters. The molecule has 4 heteroatoms. The SMILES string of the molecule is CC(C)n1cncc1CNC1CCN2CCCCC12. The highest BCUT2D eigenvalue weighted by Crippen LogP contribution is 2.27. The maximum absolute atomic E-state index is 4.28. The van der Waals surface area contributed by atoms with Crippen LogP contribution in [0.3, 0.4) is 0 Å². The Balaban J connectivity index is 1.58. The number of nitrogens with one attached hydrogen (secondary N) is 1. The number of nitrogens with zero attached hydrogens (tertiary/aromatic N) is 3. The van der Waals surface area contributed by atoms with Crippen molar-refractivity contribution in [1.29, 1.82) is 0 Å². The summed E-state index contributed by atoms with van der Waals surface area (Å²) in [6.45, 7) is 7.97. The van der Waals surface area contributed by atoms with Crippen molar-refractivity contribution in [2.45, 2.75) is 64.2 Å². The van der Waals surface area contributed by atoms with Crippen molar-refractivity contribution in [1.82, 2.24) is 19.8 Å². The van der Waals surface area contributed by atoms with E-state index in [1.54, 1.807) is 0 Å². The third-order valence-corrected chi connectivity index (χ3v) is 4.70. The lowest BCUT2D eigenvalue weighted by atomic mass is 9.99. The van der Waals surface area contributed by atoms with E-state index in [0.29, 0.717) is 12.1 Å². The fourth-order valence-electron chi connectivity index (χ4n) is 3.66. The number of hydrogen-bond donors (Lipinski definition) is 1. The molecule has 106 valence electrons. The van der Waals surface area contributed by atoms with E-state index in [0.717, 1.165) is 12.6 Å². The Morgan fingerprint density at radius 2 is 2.21 bits per heavy atom. The first-order valence-corrected chi connectivity index (χ1v) is 7.74. The minimum absolute atomic E-state index is 0.494. The van der Waals surface area contributed by atoms with Crippen LogP contribution in [-0.4, -0.2) is 39.6 Å². The van der Waals surface area contributed by atoms with Crippen molar-refractivity contribution in [3.8, 4) is 0 Å². The van der Waals surface area contributed by atoms with Gasteiger partial charge in [0.05, 0.1) is 12.0 Å². The summed E-state index contributed by atoms with van der Waals surface area (Å²) in [7, 11) is 0. The van der Waals surface area contributed by atoms with E-state index in [1.807, 2.05) is 12.5 Å². The summed E-state index contributed by atoms with van der Waals surface area (Å²) in [5.41, 5.74) is 1.31. The van der Waals surface area contributed by atoms with Crippen LogP contribution in [0, 0.1) is 0 Å². The number of piperidine rings is 1. The highest BCUT2D eigenvalue weighted by atomic mass is 15.2. The molecule has 0 saturated carbocycles. The van der Waals surface area contributed by atoms with Crippen LogP contribution in [0.1, 0.15) is 51.3 Å². The normalized spacial score (nSPS) is 27.9. The molecule has 4 nitrogen and oxygen atoms in total. The highest BCUT2D eigenvalue weighted by molar-refractivity contribution is 5.02. The van der Waals surface area contributed by atoms with Gasteiger partial charge in [-0.3, -0.25) is 4.90 Å². The minimum atomic E-state index is 0.494. The van der Waals surface area contributed by atoms with E-state index in [4.69, 9.17) is 0 Å². The average molecular weight is 262 g/mol. The van der Waals surface area contributed by atoms with Crippen LogP contribution in [0.5, 0.6) is 0 Å². The molecule has 0 aromatic carbocycles. The summed E-state index contributed by atoms with van der Waals surface area (Å²) < 4.78 is 2.26. The van der Waals surface area contributed by atoms with Crippen molar-refractivity contribution in [2.75, 3.05) is 13.1 Å². The fourth-order valence-corrected chi connectivity index (χ4v) is 3.66. The molecule has 2 aliphatic rings. The fraction of sp³-hybridized carbons (Fsp3) is 0.800. The van der Waals surface area contributed by atoms with Crippen molar-refractivity contribution in [3.05, 3.63) is 18.2 Å². The van der Waals surface area contributed by atoms with Gasteiger partial charge in [-0.1, -0.05) is 6.42 Å². The summed E-state index contributed by atoms with van der Waals surface area (Å²) in [4.78, 5) is 6.96. The van der Waals surface area contributed by atoms with Crippen molar-refractivity contribution in [2.24, 2.45) is 0 Å². The van der Waals surface area contributed by atoms with Gasteiger partial charge in [-0.25, -0.2) is 4.98 Å². The van der Waals surface area contributed by atoms with Crippen LogP contribution in [0.2, 0.25) is 0 Å². The Kier molecular flexibility index (Phi) is 3.89. The van der Waals surface area contributed by atoms with Crippen LogP contribution >= 0.6 is 0 Å². The van der Waals surface area contributed by atoms with Crippen molar-refractivity contribution >= 4 is 0 Å². The topological polar surface area (TPSA) is 33.1 Å².